The molecular weight excluding hydrogens is 353 g/mol. The van der Waals surface area contributed by atoms with Gasteiger partial charge in [-0.3, -0.25) is 9.40 Å². The number of hydrogen-bond donors (Lipinski definition) is 1. The molecule has 0 bridgehead atoms. The van der Waals surface area contributed by atoms with Crippen molar-refractivity contribution in [2.75, 3.05) is 4.72 Å². The maximum atomic E-state index is 13.1. The molecule has 1 heterocycles. The van der Waals surface area contributed by atoms with Gasteiger partial charge in [0.15, 0.2) is 0 Å². The number of sulfonamides is 1. The molecule has 0 fully saturated rings. The average Bonchev–Trinajstić information content (AvgIpc) is 2.88. The highest BCUT2D eigenvalue weighted by Gasteiger charge is 2.20. The Morgan fingerprint density at radius 3 is 2.50 bits per heavy atom. The Kier molecular flexibility index (Phi) is 4.29. The molecule has 0 aliphatic heterocycles. The van der Waals surface area contributed by atoms with Gasteiger partial charge in [0.25, 0.3) is 10.0 Å². The van der Waals surface area contributed by atoms with Crippen LogP contribution in [0.2, 0.25) is 5.02 Å². The molecule has 2 aromatic carbocycles. The summed E-state index contributed by atoms with van der Waals surface area (Å²) in [4.78, 5) is -0.201. The van der Waals surface area contributed by atoms with Crippen molar-refractivity contribution in [1.29, 1.82) is 0 Å². The summed E-state index contributed by atoms with van der Waals surface area (Å²) in [6, 6.07) is 14.1. The topological polar surface area (TPSA) is 64.0 Å². The van der Waals surface area contributed by atoms with Crippen molar-refractivity contribution in [2.24, 2.45) is 7.05 Å². The number of aromatic nitrogens is 2. The van der Waals surface area contributed by atoms with Crippen molar-refractivity contribution in [3.63, 3.8) is 0 Å². The second-order valence-electron chi connectivity index (χ2n) is 5.08. The van der Waals surface area contributed by atoms with Crippen molar-refractivity contribution in [2.45, 2.75) is 4.90 Å². The van der Waals surface area contributed by atoms with E-state index in [-0.39, 0.29) is 15.7 Å². The molecule has 8 heteroatoms. The Balaban J connectivity index is 1.95. The van der Waals surface area contributed by atoms with Crippen LogP contribution in [-0.4, -0.2) is 18.2 Å². The highest BCUT2D eigenvalue weighted by Crippen LogP contribution is 2.26. The summed E-state index contributed by atoms with van der Waals surface area (Å²) in [7, 11) is -2.34. The zero-order chi connectivity index (χ0) is 17.3. The smallest absolute Gasteiger partial charge is 0.264 e. The van der Waals surface area contributed by atoms with Crippen molar-refractivity contribution < 1.29 is 12.8 Å². The maximum Gasteiger partial charge on any atom is 0.264 e. The van der Waals surface area contributed by atoms with Gasteiger partial charge >= 0.3 is 0 Å². The largest absolute Gasteiger partial charge is 0.264 e. The summed E-state index contributed by atoms with van der Waals surface area (Å²) in [5.41, 5.74) is 1.49. The standard InChI is InChI=1S/C16H13ClFN3O2S/c1-21-16(10-14(19-21)11-5-3-2-4-6-11)20-24(22,23)15-8-7-12(18)9-13(15)17/h2-10,20H,1H3. The molecule has 3 rings (SSSR count). The third-order valence-electron chi connectivity index (χ3n) is 3.37. The van der Waals surface area contributed by atoms with E-state index in [9.17, 15) is 12.8 Å². The summed E-state index contributed by atoms with van der Waals surface area (Å²) >= 11 is 5.84. The zero-order valence-corrected chi connectivity index (χ0v) is 14.1. The number of rotatable bonds is 4. The minimum absolute atomic E-state index is 0.187. The fourth-order valence-corrected chi connectivity index (χ4v) is 3.81. The Hall–Kier alpha value is -2.38. The van der Waals surface area contributed by atoms with Crippen LogP contribution in [0, 0.1) is 5.82 Å². The van der Waals surface area contributed by atoms with Crippen molar-refractivity contribution in [3.8, 4) is 11.3 Å². The fourth-order valence-electron chi connectivity index (χ4n) is 2.20. The third-order valence-corrected chi connectivity index (χ3v) is 5.21. The lowest BCUT2D eigenvalue weighted by Gasteiger charge is -2.09. The van der Waals surface area contributed by atoms with Crippen LogP contribution in [0.15, 0.2) is 59.5 Å². The fraction of sp³-hybridized carbons (Fsp3) is 0.0625. The average molecular weight is 366 g/mol. The molecule has 3 aromatic rings. The molecule has 5 nitrogen and oxygen atoms in total. The molecular formula is C16H13ClFN3O2S. The van der Waals surface area contributed by atoms with Crippen LogP contribution in [0.3, 0.4) is 0 Å². The Morgan fingerprint density at radius 1 is 1.12 bits per heavy atom. The molecule has 24 heavy (non-hydrogen) atoms. The lowest BCUT2D eigenvalue weighted by molar-refractivity contribution is 0.599. The van der Waals surface area contributed by atoms with E-state index in [1.807, 2.05) is 30.3 Å². The Morgan fingerprint density at radius 2 is 1.83 bits per heavy atom. The molecule has 1 aromatic heterocycles. The second kappa shape index (κ2) is 6.26. The van der Waals surface area contributed by atoms with E-state index in [2.05, 4.69) is 9.82 Å². The van der Waals surface area contributed by atoms with Gasteiger partial charge in [0.2, 0.25) is 0 Å². The van der Waals surface area contributed by atoms with Crippen LogP contribution in [0.1, 0.15) is 0 Å². The number of nitrogens with zero attached hydrogens (tertiary/aromatic N) is 2. The number of aryl methyl sites for hydroxylation is 1. The molecule has 0 unspecified atom stereocenters. The minimum Gasteiger partial charge on any atom is -0.264 e. The van der Waals surface area contributed by atoms with Crippen molar-refractivity contribution in [3.05, 3.63) is 65.4 Å². The van der Waals surface area contributed by atoms with Gasteiger partial charge in [-0.05, 0) is 18.2 Å². The van der Waals surface area contributed by atoms with Crippen LogP contribution < -0.4 is 4.72 Å². The van der Waals surface area contributed by atoms with Crippen LogP contribution in [0.4, 0.5) is 10.2 Å². The van der Waals surface area contributed by atoms with Gasteiger partial charge in [0, 0.05) is 18.7 Å². The Labute approximate surface area is 143 Å². The number of halogens is 2. The molecule has 0 amide bonds. The molecule has 0 spiro atoms. The minimum atomic E-state index is -3.96. The quantitative estimate of drug-likeness (QED) is 0.767. The summed E-state index contributed by atoms with van der Waals surface area (Å²) in [5.74, 6) is -0.333. The zero-order valence-electron chi connectivity index (χ0n) is 12.6. The molecule has 124 valence electrons. The van der Waals surface area contributed by atoms with Gasteiger partial charge in [-0.1, -0.05) is 41.9 Å². The number of anilines is 1. The van der Waals surface area contributed by atoms with E-state index in [4.69, 9.17) is 11.6 Å². The first-order valence-corrected chi connectivity index (χ1v) is 8.80. The summed E-state index contributed by atoms with van der Waals surface area (Å²) in [6.07, 6.45) is 0. The molecule has 0 saturated heterocycles. The third kappa shape index (κ3) is 3.27. The predicted octanol–water partition coefficient (Wildman–Crippen LogP) is 3.68. The van der Waals surface area contributed by atoms with Crippen LogP contribution >= 0.6 is 11.6 Å². The van der Waals surface area contributed by atoms with Gasteiger partial charge in [-0.2, -0.15) is 5.10 Å². The lowest BCUT2D eigenvalue weighted by atomic mass is 10.2. The second-order valence-corrected chi connectivity index (χ2v) is 7.14. The first kappa shape index (κ1) is 16.5. The van der Waals surface area contributed by atoms with Crippen LogP contribution in [0.5, 0.6) is 0 Å². The van der Waals surface area contributed by atoms with E-state index >= 15 is 0 Å². The van der Waals surface area contributed by atoms with E-state index in [0.29, 0.717) is 5.69 Å². The molecule has 0 aliphatic carbocycles. The predicted molar refractivity (Wildman–Crippen MR) is 90.9 cm³/mol. The van der Waals surface area contributed by atoms with E-state index in [1.165, 1.54) is 4.68 Å². The van der Waals surface area contributed by atoms with E-state index in [0.717, 1.165) is 23.8 Å². The van der Waals surface area contributed by atoms with Gasteiger partial charge in [-0.15, -0.1) is 0 Å². The normalized spacial score (nSPS) is 11.5. The molecule has 0 radical (unpaired) electrons. The monoisotopic (exact) mass is 365 g/mol. The summed E-state index contributed by atoms with van der Waals surface area (Å²) < 4.78 is 41.9. The maximum absolute atomic E-state index is 13.1. The van der Waals surface area contributed by atoms with Crippen LogP contribution in [0.25, 0.3) is 11.3 Å². The molecule has 0 aliphatic rings. The molecule has 0 saturated carbocycles. The van der Waals surface area contributed by atoms with Gasteiger partial charge in [0.05, 0.1) is 10.7 Å². The highest BCUT2D eigenvalue weighted by molar-refractivity contribution is 7.92. The summed E-state index contributed by atoms with van der Waals surface area (Å²) in [5, 5.41) is 4.10. The SMILES string of the molecule is Cn1nc(-c2ccccc2)cc1NS(=O)(=O)c1ccc(F)cc1Cl. The van der Waals surface area contributed by atoms with Crippen molar-refractivity contribution in [1.82, 2.24) is 9.78 Å². The lowest BCUT2D eigenvalue weighted by Crippen LogP contribution is -2.15. The van der Waals surface area contributed by atoms with E-state index < -0.39 is 15.8 Å². The molecule has 1 N–H and O–H groups in total. The number of nitrogens with one attached hydrogen (secondary N) is 1. The highest BCUT2D eigenvalue weighted by atomic mass is 35.5. The number of benzene rings is 2. The van der Waals surface area contributed by atoms with E-state index in [1.54, 1.807) is 13.1 Å². The Bertz CT molecular complexity index is 988. The van der Waals surface area contributed by atoms with Crippen LogP contribution in [-0.2, 0) is 17.1 Å². The number of hydrogen-bond acceptors (Lipinski definition) is 3. The van der Waals surface area contributed by atoms with Gasteiger partial charge in [-0.25, -0.2) is 12.8 Å². The summed E-state index contributed by atoms with van der Waals surface area (Å²) in [6.45, 7) is 0. The molecule has 0 atom stereocenters. The first-order chi connectivity index (χ1) is 11.4. The van der Waals surface area contributed by atoms with Crippen molar-refractivity contribution >= 4 is 27.4 Å². The first-order valence-electron chi connectivity index (χ1n) is 6.94. The van der Waals surface area contributed by atoms with Gasteiger partial charge < -0.3 is 0 Å². The van der Waals surface area contributed by atoms with Gasteiger partial charge in [0.1, 0.15) is 16.5 Å².